The van der Waals surface area contributed by atoms with E-state index < -0.39 is 0 Å². The molecule has 1 heterocycles. The summed E-state index contributed by atoms with van der Waals surface area (Å²) in [7, 11) is 1.59. The van der Waals surface area contributed by atoms with E-state index in [0.717, 1.165) is 5.56 Å². The van der Waals surface area contributed by atoms with Crippen LogP contribution in [-0.4, -0.2) is 17.3 Å². The number of thiocarbonyl (C=S) groups is 1. The van der Waals surface area contributed by atoms with Gasteiger partial charge in [-0.05, 0) is 30.3 Å². The van der Waals surface area contributed by atoms with E-state index in [4.69, 9.17) is 40.2 Å². The summed E-state index contributed by atoms with van der Waals surface area (Å²) in [6, 6.07) is 12.5. The number of carbonyl (C=O) groups excluding carboxylic acids is 1. The number of hydrogen-bond donors (Lipinski definition) is 0. The van der Waals surface area contributed by atoms with Crippen LogP contribution in [0.4, 0.5) is 5.69 Å². The first kappa shape index (κ1) is 17.3. The van der Waals surface area contributed by atoms with E-state index in [-0.39, 0.29) is 5.91 Å². The molecule has 1 aliphatic heterocycles. The minimum atomic E-state index is -0.200. The Morgan fingerprint density at radius 2 is 1.92 bits per heavy atom. The number of benzene rings is 2. The predicted octanol–water partition coefficient (Wildman–Crippen LogP) is 5.41. The third-order valence-corrected chi connectivity index (χ3v) is 5.42. The highest BCUT2D eigenvalue weighted by Crippen LogP contribution is 2.38. The van der Waals surface area contributed by atoms with Crippen LogP contribution in [0.15, 0.2) is 47.4 Å². The molecule has 0 aromatic heterocycles. The maximum atomic E-state index is 12.7. The molecule has 0 saturated carbocycles. The minimum Gasteiger partial charge on any atom is -0.496 e. The van der Waals surface area contributed by atoms with E-state index in [1.165, 1.54) is 16.7 Å². The Hall–Kier alpha value is -1.53. The van der Waals surface area contributed by atoms with Gasteiger partial charge in [0.2, 0.25) is 0 Å². The summed E-state index contributed by atoms with van der Waals surface area (Å²) >= 11 is 18.6. The summed E-state index contributed by atoms with van der Waals surface area (Å²) in [5.41, 5.74) is 1.41. The highest BCUT2D eigenvalue weighted by Gasteiger charge is 2.33. The normalized spacial score (nSPS) is 16.1. The first-order valence-corrected chi connectivity index (χ1v) is 8.85. The second-order valence-corrected chi connectivity index (χ2v) is 7.35. The van der Waals surface area contributed by atoms with E-state index in [1.807, 2.05) is 24.3 Å². The van der Waals surface area contributed by atoms with E-state index in [1.54, 1.807) is 31.4 Å². The van der Waals surface area contributed by atoms with Gasteiger partial charge in [0.05, 0.1) is 27.7 Å². The van der Waals surface area contributed by atoms with Crippen molar-refractivity contribution in [2.75, 3.05) is 12.0 Å². The number of nitrogens with zero attached hydrogens (tertiary/aromatic N) is 1. The number of para-hydroxylation sites is 1. The number of ether oxygens (including phenoxy) is 1. The number of thioether (sulfide) groups is 1. The molecule has 0 atom stereocenters. The smallest absolute Gasteiger partial charge is 0.270 e. The lowest BCUT2D eigenvalue weighted by atomic mass is 10.2. The van der Waals surface area contributed by atoms with Crippen molar-refractivity contribution in [2.24, 2.45) is 0 Å². The van der Waals surface area contributed by atoms with Crippen molar-refractivity contribution >= 4 is 69.2 Å². The Bertz CT molecular complexity index is 867. The first-order valence-electron chi connectivity index (χ1n) is 6.87. The Kier molecular flexibility index (Phi) is 5.15. The molecular formula is C17H11Cl2NO2S2. The number of methoxy groups -OCH3 is 1. The molecule has 7 heteroatoms. The molecule has 0 spiro atoms. The zero-order valence-corrected chi connectivity index (χ0v) is 15.6. The number of amides is 1. The van der Waals surface area contributed by atoms with Gasteiger partial charge in [-0.25, -0.2) is 0 Å². The maximum absolute atomic E-state index is 12.7. The number of halogens is 2. The Balaban J connectivity index is 1.97. The summed E-state index contributed by atoms with van der Waals surface area (Å²) in [4.78, 5) is 14.7. The molecule has 2 aromatic rings. The fraction of sp³-hybridized carbons (Fsp3) is 0.0588. The fourth-order valence-electron chi connectivity index (χ4n) is 2.24. The van der Waals surface area contributed by atoms with Gasteiger partial charge in [0.1, 0.15) is 5.75 Å². The van der Waals surface area contributed by atoms with Gasteiger partial charge in [0, 0.05) is 5.56 Å². The molecule has 24 heavy (non-hydrogen) atoms. The largest absolute Gasteiger partial charge is 0.496 e. The summed E-state index contributed by atoms with van der Waals surface area (Å²) < 4.78 is 5.76. The van der Waals surface area contributed by atoms with Crippen molar-refractivity contribution in [1.82, 2.24) is 0 Å². The van der Waals surface area contributed by atoms with Crippen molar-refractivity contribution in [3.05, 3.63) is 63.0 Å². The van der Waals surface area contributed by atoms with Gasteiger partial charge in [-0.1, -0.05) is 65.4 Å². The fourth-order valence-corrected chi connectivity index (χ4v) is 3.82. The van der Waals surface area contributed by atoms with Crippen molar-refractivity contribution in [2.45, 2.75) is 0 Å². The van der Waals surface area contributed by atoms with E-state index in [9.17, 15) is 4.79 Å². The van der Waals surface area contributed by atoms with Gasteiger partial charge in [-0.3, -0.25) is 9.69 Å². The molecule has 1 fully saturated rings. The summed E-state index contributed by atoms with van der Waals surface area (Å²) in [5.74, 6) is 0.492. The monoisotopic (exact) mass is 395 g/mol. The summed E-state index contributed by atoms with van der Waals surface area (Å²) in [5, 5.41) is 0.798. The third-order valence-electron chi connectivity index (χ3n) is 3.38. The molecule has 3 nitrogen and oxygen atoms in total. The van der Waals surface area contributed by atoms with Crippen molar-refractivity contribution in [1.29, 1.82) is 0 Å². The van der Waals surface area contributed by atoms with Crippen LogP contribution < -0.4 is 9.64 Å². The quantitative estimate of drug-likeness (QED) is 0.513. The number of carbonyl (C=O) groups is 1. The Labute approximate surface area is 159 Å². The topological polar surface area (TPSA) is 29.5 Å². The second-order valence-electron chi connectivity index (χ2n) is 4.86. The standard InChI is InChI=1S/C17H11Cl2NO2S2/c1-22-14-5-3-2-4-10(14)8-15-16(21)20(17(23)24-15)11-6-7-12(18)13(19)9-11/h2-9H,1H3/b15-8-. The highest BCUT2D eigenvalue weighted by molar-refractivity contribution is 8.27. The van der Waals surface area contributed by atoms with Crippen LogP contribution in [-0.2, 0) is 4.79 Å². The van der Waals surface area contributed by atoms with Crippen LogP contribution in [0.25, 0.3) is 6.08 Å². The molecule has 122 valence electrons. The van der Waals surface area contributed by atoms with Gasteiger partial charge in [-0.2, -0.15) is 0 Å². The molecule has 3 rings (SSSR count). The molecule has 0 N–H and O–H groups in total. The molecule has 0 unspecified atom stereocenters. The SMILES string of the molecule is COc1ccccc1/C=C1\SC(=S)N(c2ccc(Cl)c(Cl)c2)C1=O. The lowest BCUT2D eigenvalue weighted by Gasteiger charge is -2.15. The van der Waals surface area contributed by atoms with Crippen LogP contribution in [0.2, 0.25) is 10.0 Å². The number of anilines is 1. The molecule has 0 bridgehead atoms. The molecule has 2 aromatic carbocycles. The highest BCUT2D eigenvalue weighted by atomic mass is 35.5. The van der Waals surface area contributed by atoms with Crippen LogP contribution in [0.1, 0.15) is 5.56 Å². The van der Waals surface area contributed by atoms with Crippen molar-refractivity contribution in [3.63, 3.8) is 0 Å². The van der Waals surface area contributed by atoms with Crippen LogP contribution in [0, 0.1) is 0 Å². The lowest BCUT2D eigenvalue weighted by Crippen LogP contribution is -2.27. The van der Waals surface area contributed by atoms with Crippen molar-refractivity contribution < 1.29 is 9.53 Å². The van der Waals surface area contributed by atoms with Gasteiger partial charge >= 0.3 is 0 Å². The average Bonchev–Trinajstić information content (AvgIpc) is 2.85. The maximum Gasteiger partial charge on any atom is 0.270 e. The van der Waals surface area contributed by atoms with Gasteiger partial charge in [-0.15, -0.1) is 0 Å². The third kappa shape index (κ3) is 3.30. The molecule has 0 aliphatic carbocycles. The first-order chi connectivity index (χ1) is 11.5. The molecule has 1 amide bonds. The van der Waals surface area contributed by atoms with Gasteiger partial charge in [0.25, 0.3) is 5.91 Å². The van der Waals surface area contributed by atoms with Gasteiger partial charge < -0.3 is 4.74 Å². The lowest BCUT2D eigenvalue weighted by molar-refractivity contribution is -0.113. The van der Waals surface area contributed by atoms with E-state index >= 15 is 0 Å². The van der Waals surface area contributed by atoms with E-state index in [2.05, 4.69) is 0 Å². The zero-order chi connectivity index (χ0) is 17.3. The van der Waals surface area contributed by atoms with Crippen molar-refractivity contribution in [3.8, 4) is 5.75 Å². The predicted molar refractivity (Wildman–Crippen MR) is 105 cm³/mol. The molecular weight excluding hydrogens is 385 g/mol. The average molecular weight is 396 g/mol. The summed E-state index contributed by atoms with van der Waals surface area (Å²) in [6.07, 6.45) is 1.77. The Morgan fingerprint density at radius 3 is 2.62 bits per heavy atom. The molecule has 1 saturated heterocycles. The molecule has 0 radical (unpaired) electrons. The van der Waals surface area contributed by atoms with Crippen LogP contribution >= 0.6 is 47.2 Å². The van der Waals surface area contributed by atoms with Crippen LogP contribution in [0.3, 0.4) is 0 Å². The van der Waals surface area contributed by atoms with Crippen LogP contribution in [0.5, 0.6) is 5.75 Å². The van der Waals surface area contributed by atoms with Gasteiger partial charge in [0.15, 0.2) is 4.32 Å². The minimum absolute atomic E-state index is 0.200. The summed E-state index contributed by atoms with van der Waals surface area (Å²) in [6.45, 7) is 0. The number of hydrogen-bond acceptors (Lipinski definition) is 4. The second kappa shape index (κ2) is 7.15. The number of rotatable bonds is 3. The Morgan fingerprint density at radius 1 is 1.17 bits per heavy atom. The van der Waals surface area contributed by atoms with E-state index in [0.29, 0.717) is 30.7 Å². The molecule has 1 aliphatic rings. The zero-order valence-electron chi connectivity index (χ0n) is 12.5.